The number of aromatic nitrogens is 2. The first-order valence-corrected chi connectivity index (χ1v) is 6.54. The van der Waals surface area contributed by atoms with Gasteiger partial charge in [0.05, 0.1) is 21.6 Å². The highest BCUT2D eigenvalue weighted by atomic mass is 32.1. The van der Waals surface area contributed by atoms with Gasteiger partial charge in [-0.2, -0.15) is 5.10 Å². The molecule has 0 bridgehead atoms. The molecule has 2 aromatic rings. The van der Waals surface area contributed by atoms with E-state index in [2.05, 4.69) is 17.0 Å². The Morgan fingerprint density at radius 3 is 2.78 bits per heavy atom. The highest BCUT2D eigenvalue weighted by Gasteiger charge is 2.17. The molecule has 0 aliphatic carbocycles. The van der Waals surface area contributed by atoms with Crippen LogP contribution in [-0.2, 0) is 13.5 Å². The molecule has 0 aliphatic rings. The van der Waals surface area contributed by atoms with Crippen LogP contribution in [0.1, 0.15) is 28.0 Å². The molecular formula is C12H16N4OS. The molecule has 6 heteroatoms. The molecule has 5 nitrogen and oxygen atoms in total. The highest BCUT2D eigenvalue weighted by Crippen LogP contribution is 2.29. The standard InChI is InChI=1S/C12H16N4OS/c1-5-10-14-12-11(18-10)8(6-13-15(2)3)9(7-17)16(12)4/h6-7H,5H2,1-4H3/b13-6-. The van der Waals surface area contributed by atoms with Crippen LogP contribution >= 0.6 is 11.3 Å². The smallest absolute Gasteiger partial charge is 0.167 e. The van der Waals surface area contributed by atoms with E-state index in [9.17, 15) is 4.79 Å². The average molecular weight is 264 g/mol. The number of nitrogens with zero attached hydrogens (tertiary/aromatic N) is 4. The number of hydrogen-bond donors (Lipinski definition) is 0. The van der Waals surface area contributed by atoms with Gasteiger partial charge in [-0.15, -0.1) is 11.3 Å². The molecular weight excluding hydrogens is 248 g/mol. The fourth-order valence-electron chi connectivity index (χ4n) is 1.76. The average Bonchev–Trinajstić information content (AvgIpc) is 2.85. The van der Waals surface area contributed by atoms with E-state index in [1.54, 1.807) is 22.6 Å². The number of carbonyl (C=O) groups excluding carboxylic acids is 1. The summed E-state index contributed by atoms with van der Waals surface area (Å²) in [5, 5.41) is 7.00. The normalized spacial score (nSPS) is 11.6. The van der Waals surface area contributed by atoms with Gasteiger partial charge >= 0.3 is 0 Å². The Kier molecular flexibility index (Phi) is 3.47. The molecule has 2 rings (SSSR count). The first-order chi connectivity index (χ1) is 8.58. The number of fused-ring (bicyclic) bond motifs is 1. The zero-order chi connectivity index (χ0) is 13.3. The summed E-state index contributed by atoms with van der Waals surface area (Å²) in [6, 6.07) is 0. The summed E-state index contributed by atoms with van der Waals surface area (Å²) in [6.07, 6.45) is 3.49. The molecule has 0 aromatic carbocycles. The number of thiazole rings is 1. The second-order valence-corrected chi connectivity index (χ2v) is 5.27. The van der Waals surface area contributed by atoms with Crippen molar-refractivity contribution in [2.45, 2.75) is 13.3 Å². The zero-order valence-corrected chi connectivity index (χ0v) is 11.8. The number of rotatable bonds is 4. The van der Waals surface area contributed by atoms with Crippen LogP contribution in [0.4, 0.5) is 0 Å². The van der Waals surface area contributed by atoms with E-state index in [0.717, 1.165) is 33.6 Å². The third-order valence-electron chi connectivity index (χ3n) is 2.69. The van der Waals surface area contributed by atoms with Crippen molar-refractivity contribution in [2.24, 2.45) is 12.1 Å². The molecule has 2 heterocycles. The Bertz CT molecular complexity index is 609. The van der Waals surface area contributed by atoms with Crippen molar-refractivity contribution in [1.29, 1.82) is 0 Å². The fraction of sp³-hybridized carbons (Fsp3) is 0.417. The van der Waals surface area contributed by atoms with Crippen LogP contribution < -0.4 is 0 Å². The molecule has 0 fully saturated rings. The molecule has 0 unspecified atom stereocenters. The van der Waals surface area contributed by atoms with Crippen LogP contribution in [-0.4, -0.2) is 41.2 Å². The van der Waals surface area contributed by atoms with Crippen LogP contribution in [0.5, 0.6) is 0 Å². The Morgan fingerprint density at radius 2 is 2.22 bits per heavy atom. The number of hydrogen-bond acceptors (Lipinski definition) is 5. The van der Waals surface area contributed by atoms with Gasteiger partial charge in [-0.05, 0) is 6.42 Å². The van der Waals surface area contributed by atoms with Gasteiger partial charge in [0.25, 0.3) is 0 Å². The maximum Gasteiger partial charge on any atom is 0.167 e. The first kappa shape index (κ1) is 12.8. The van der Waals surface area contributed by atoms with Crippen LogP contribution in [0.15, 0.2) is 5.10 Å². The molecule has 0 radical (unpaired) electrons. The quantitative estimate of drug-likeness (QED) is 0.481. The molecule has 0 N–H and O–H groups in total. The monoisotopic (exact) mass is 264 g/mol. The maximum absolute atomic E-state index is 11.2. The summed E-state index contributed by atoms with van der Waals surface area (Å²) in [4.78, 5) is 15.7. The Morgan fingerprint density at radius 1 is 1.50 bits per heavy atom. The number of carbonyl (C=O) groups is 1. The number of aldehydes is 1. The Hall–Kier alpha value is -1.69. The summed E-state index contributed by atoms with van der Waals surface area (Å²) in [5.74, 6) is 0. The van der Waals surface area contributed by atoms with E-state index in [1.807, 2.05) is 25.7 Å². The van der Waals surface area contributed by atoms with Gasteiger partial charge in [-0.3, -0.25) is 4.79 Å². The third kappa shape index (κ3) is 2.03. The van der Waals surface area contributed by atoms with Gasteiger partial charge in [-0.1, -0.05) is 6.92 Å². The van der Waals surface area contributed by atoms with Crippen molar-refractivity contribution < 1.29 is 4.79 Å². The Balaban J connectivity index is 2.66. The van der Waals surface area contributed by atoms with Crippen molar-refractivity contribution in [2.75, 3.05) is 14.1 Å². The Labute approximate surface area is 110 Å². The van der Waals surface area contributed by atoms with Crippen LogP contribution in [0.2, 0.25) is 0 Å². The fourth-order valence-corrected chi connectivity index (χ4v) is 2.81. The molecule has 0 amide bonds. The van der Waals surface area contributed by atoms with Crippen molar-refractivity contribution in [1.82, 2.24) is 14.6 Å². The molecule has 96 valence electrons. The summed E-state index contributed by atoms with van der Waals surface area (Å²) in [5.41, 5.74) is 2.34. The lowest BCUT2D eigenvalue weighted by Crippen LogP contribution is -2.03. The molecule has 0 atom stereocenters. The minimum Gasteiger partial charge on any atom is -0.325 e. The molecule has 0 spiro atoms. The summed E-state index contributed by atoms with van der Waals surface area (Å²) < 4.78 is 2.86. The van der Waals surface area contributed by atoms with E-state index >= 15 is 0 Å². The van der Waals surface area contributed by atoms with Crippen LogP contribution in [0, 0.1) is 0 Å². The summed E-state index contributed by atoms with van der Waals surface area (Å²) >= 11 is 1.63. The summed E-state index contributed by atoms with van der Waals surface area (Å²) in [6.45, 7) is 2.08. The van der Waals surface area contributed by atoms with Crippen molar-refractivity contribution in [3.8, 4) is 0 Å². The van der Waals surface area contributed by atoms with Crippen molar-refractivity contribution in [3.63, 3.8) is 0 Å². The predicted molar refractivity (Wildman–Crippen MR) is 74.6 cm³/mol. The predicted octanol–water partition coefficient (Wildman–Crippen LogP) is 1.91. The lowest BCUT2D eigenvalue weighted by atomic mass is 10.3. The first-order valence-electron chi connectivity index (χ1n) is 5.73. The van der Waals surface area contributed by atoms with E-state index in [0.29, 0.717) is 5.69 Å². The molecule has 18 heavy (non-hydrogen) atoms. The second-order valence-electron chi connectivity index (χ2n) is 4.18. The van der Waals surface area contributed by atoms with Crippen molar-refractivity contribution >= 4 is 34.2 Å². The van der Waals surface area contributed by atoms with Crippen molar-refractivity contribution in [3.05, 3.63) is 16.3 Å². The van der Waals surface area contributed by atoms with Gasteiger partial charge in [0, 0.05) is 26.7 Å². The van der Waals surface area contributed by atoms with Gasteiger partial charge in [0.15, 0.2) is 11.9 Å². The maximum atomic E-state index is 11.2. The number of hydrazone groups is 1. The van der Waals surface area contributed by atoms with E-state index in [4.69, 9.17) is 0 Å². The van der Waals surface area contributed by atoms with Gasteiger partial charge in [-0.25, -0.2) is 4.98 Å². The van der Waals surface area contributed by atoms with Gasteiger partial charge in [0.1, 0.15) is 0 Å². The molecule has 2 aromatic heterocycles. The number of aryl methyl sites for hydroxylation is 2. The SMILES string of the molecule is CCc1nc2c(s1)c(/C=N\N(C)C)c(C=O)n2C. The third-order valence-corrected chi connectivity index (χ3v) is 3.91. The van der Waals surface area contributed by atoms with E-state index < -0.39 is 0 Å². The molecule has 0 saturated heterocycles. The van der Waals surface area contributed by atoms with Gasteiger partial charge < -0.3 is 9.58 Å². The highest BCUT2D eigenvalue weighted by molar-refractivity contribution is 7.19. The lowest BCUT2D eigenvalue weighted by molar-refractivity contribution is 0.111. The van der Waals surface area contributed by atoms with Crippen LogP contribution in [0.25, 0.3) is 10.3 Å². The topological polar surface area (TPSA) is 50.5 Å². The van der Waals surface area contributed by atoms with E-state index in [1.165, 1.54) is 0 Å². The van der Waals surface area contributed by atoms with Crippen LogP contribution in [0.3, 0.4) is 0 Å². The second kappa shape index (κ2) is 4.89. The molecule has 0 aliphatic heterocycles. The largest absolute Gasteiger partial charge is 0.325 e. The molecule has 0 saturated carbocycles. The zero-order valence-electron chi connectivity index (χ0n) is 11.0. The van der Waals surface area contributed by atoms with E-state index in [-0.39, 0.29) is 0 Å². The minimum atomic E-state index is 0.622. The lowest BCUT2D eigenvalue weighted by Gasteiger charge is -2.02. The summed E-state index contributed by atoms with van der Waals surface area (Å²) in [7, 11) is 5.56. The minimum absolute atomic E-state index is 0.622. The van der Waals surface area contributed by atoms with Gasteiger partial charge in [0.2, 0.25) is 0 Å².